The van der Waals surface area contributed by atoms with Crippen LogP contribution in [-0.2, 0) is 54.2 Å². The van der Waals surface area contributed by atoms with Gasteiger partial charge in [0.05, 0.1) is 18.8 Å². The van der Waals surface area contributed by atoms with Gasteiger partial charge in [-0.3, -0.25) is 19.2 Å². The second kappa shape index (κ2) is 14.8. The van der Waals surface area contributed by atoms with Crippen molar-refractivity contribution in [2.75, 3.05) is 6.61 Å². The van der Waals surface area contributed by atoms with Crippen LogP contribution in [0.5, 0.6) is 0 Å². The van der Waals surface area contributed by atoms with Crippen LogP contribution in [0.4, 0.5) is 0 Å². The fraction of sp³-hybridized carbons (Fsp3) is 0.517. The van der Waals surface area contributed by atoms with Gasteiger partial charge in [-0.15, -0.1) is 6.58 Å². The quantitative estimate of drug-likeness (QED) is 0.215. The van der Waals surface area contributed by atoms with Gasteiger partial charge >= 0.3 is 17.9 Å². The van der Waals surface area contributed by atoms with Crippen molar-refractivity contribution < 1.29 is 52.7 Å². The number of benzene rings is 1. The highest BCUT2D eigenvalue weighted by atomic mass is 16.6. The van der Waals surface area contributed by atoms with E-state index in [4.69, 9.17) is 28.4 Å². The predicted molar refractivity (Wildman–Crippen MR) is 140 cm³/mol. The van der Waals surface area contributed by atoms with Crippen molar-refractivity contribution in [3.8, 4) is 0 Å². The summed E-state index contributed by atoms with van der Waals surface area (Å²) in [6, 6.07) is 9.23. The Bertz CT molecular complexity index is 1070. The molecule has 0 unspecified atom stereocenters. The summed E-state index contributed by atoms with van der Waals surface area (Å²) in [6.45, 7) is 7.17. The monoisotopic (exact) mass is 560 g/mol. The average Bonchev–Trinajstić information content (AvgIpc) is 3.20. The molecule has 11 heteroatoms. The SMILES string of the molecule is C=CC[C@@H]1C=CC(=O)[C@@H]([C@@H](OC(C)=O)[C@@H]2O[C@H](C[C@H](COC(C)=O)OC(C)=O)[C@H](OCc3ccccc3)[C@H]2O)O1. The summed E-state index contributed by atoms with van der Waals surface area (Å²) in [4.78, 5) is 48.1. The van der Waals surface area contributed by atoms with Crippen molar-refractivity contribution in [2.45, 2.75) is 89.1 Å². The normalized spacial score (nSPS) is 27.4. The van der Waals surface area contributed by atoms with Crippen molar-refractivity contribution in [1.29, 1.82) is 0 Å². The summed E-state index contributed by atoms with van der Waals surface area (Å²) in [6.07, 6.45) is -3.52. The Kier molecular flexibility index (Phi) is 11.6. The molecule has 0 bridgehead atoms. The van der Waals surface area contributed by atoms with Crippen LogP contribution in [0, 0.1) is 0 Å². The zero-order valence-electron chi connectivity index (χ0n) is 22.8. The summed E-state index contributed by atoms with van der Waals surface area (Å²) in [7, 11) is 0. The summed E-state index contributed by atoms with van der Waals surface area (Å²) in [5, 5.41) is 11.4. The maximum Gasteiger partial charge on any atom is 0.303 e. The van der Waals surface area contributed by atoms with E-state index in [0.29, 0.717) is 6.42 Å². The lowest BCUT2D eigenvalue weighted by Gasteiger charge is -2.34. The second-order valence-corrected chi connectivity index (χ2v) is 9.62. The molecular formula is C29H36O11. The molecule has 3 rings (SSSR count). The van der Waals surface area contributed by atoms with Gasteiger partial charge in [-0.25, -0.2) is 0 Å². The van der Waals surface area contributed by atoms with Crippen LogP contribution < -0.4 is 0 Å². The zero-order chi connectivity index (χ0) is 29.2. The Balaban J connectivity index is 1.89. The number of ether oxygens (including phenoxy) is 6. The lowest BCUT2D eigenvalue weighted by molar-refractivity contribution is -0.183. The van der Waals surface area contributed by atoms with Crippen LogP contribution in [0.3, 0.4) is 0 Å². The number of ketones is 1. The standard InChI is InChI=1S/C29H36O11/c1-5-9-21-12-13-23(33)26(39-21)29(38-19(4)32)28-25(34)27(36-15-20-10-7-6-8-11-20)24(40-28)14-22(37-18(3)31)16-35-17(2)30/h5-8,10-13,21-22,24-29,34H,1,9,14-16H2,2-4H3/t21-,22-,24-,25-,26+,27+,28-,29-/m1/s1. The van der Waals surface area contributed by atoms with E-state index in [1.165, 1.54) is 26.8 Å². The van der Waals surface area contributed by atoms with E-state index in [1.807, 2.05) is 30.3 Å². The van der Waals surface area contributed by atoms with Gasteiger partial charge in [0.15, 0.2) is 18.0 Å². The van der Waals surface area contributed by atoms with Crippen LogP contribution in [0.15, 0.2) is 55.1 Å². The molecule has 1 fully saturated rings. The fourth-order valence-electron chi connectivity index (χ4n) is 4.68. The van der Waals surface area contributed by atoms with Crippen molar-refractivity contribution in [2.24, 2.45) is 0 Å². The van der Waals surface area contributed by atoms with Gasteiger partial charge in [-0.2, -0.15) is 0 Å². The van der Waals surface area contributed by atoms with E-state index in [1.54, 1.807) is 12.2 Å². The highest BCUT2D eigenvalue weighted by Gasteiger charge is 2.53. The maximum atomic E-state index is 12.8. The van der Waals surface area contributed by atoms with E-state index < -0.39 is 72.5 Å². The van der Waals surface area contributed by atoms with Gasteiger partial charge in [0.2, 0.25) is 0 Å². The van der Waals surface area contributed by atoms with Crippen LogP contribution in [-0.4, -0.2) is 84.2 Å². The first kappa shape index (κ1) is 31.2. The minimum Gasteiger partial charge on any atom is -0.462 e. The molecule has 1 N–H and O–H groups in total. The number of aliphatic hydroxyl groups excluding tert-OH is 1. The third kappa shape index (κ3) is 8.82. The molecule has 1 saturated heterocycles. The molecule has 2 heterocycles. The molecule has 0 amide bonds. The highest BCUT2D eigenvalue weighted by molar-refractivity contribution is 5.95. The molecule has 0 aliphatic carbocycles. The topological polar surface area (TPSA) is 144 Å². The second-order valence-electron chi connectivity index (χ2n) is 9.62. The molecule has 0 aromatic heterocycles. The van der Waals surface area contributed by atoms with E-state index in [9.17, 15) is 24.3 Å². The molecule has 1 aromatic rings. The Hall–Kier alpha value is -3.38. The van der Waals surface area contributed by atoms with Crippen LogP contribution in [0.1, 0.15) is 39.2 Å². The van der Waals surface area contributed by atoms with Crippen LogP contribution >= 0.6 is 0 Å². The number of carbonyl (C=O) groups is 4. The summed E-state index contributed by atoms with van der Waals surface area (Å²) in [5.74, 6) is -2.33. The van der Waals surface area contributed by atoms with E-state index >= 15 is 0 Å². The van der Waals surface area contributed by atoms with Gasteiger partial charge in [-0.1, -0.05) is 42.5 Å². The number of carbonyl (C=O) groups excluding carboxylic acids is 4. The number of aliphatic hydroxyl groups is 1. The molecule has 1 aromatic carbocycles. The van der Waals surface area contributed by atoms with Crippen LogP contribution in [0.25, 0.3) is 0 Å². The Morgan fingerprint density at radius 3 is 2.38 bits per heavy atom. The first-order valence-corrected chi connectivity index (χ1v) is 13.0. The lowest BCUT2D eigenvalue weighted by Crippen LogP contribution is -2.52. The Morgan fingerprint density at radius 1 is 1.05 bits per heavy atom. The largest absolute Gasteiger partial charge is 0.462 e. The molecule has 40 heavy (non-hydrogen) atoms. The molecular weight excluding hydrogens is 524 g/mol. The molecule has 11 nitrogen and oxygen atoms in total. The van der Waals surface area contributed by atoms with Crippen molar-refractivity contribution in [3.05, 3.63) is 60.7 Å². The zero-order valence-corrected chi connectivity index (χ0v) is 22.8. The predicted octanol–water partition coefficient (Wildman–Crippen LogP) is 1.99. The van der Waals surface area contributed by atoms with E-state index in [-0.39, 0.29) is 19.6 Å². The van der Waals surface area contributed by atoms with E-state index in [2.05, 4.69) is 6.58 Å². The van der Waals surface area contributed by atoms with Gasteiger partial charge in [0.1, 0.15) is 31.0 Å². The molecule has 0 spiro atoms. The third-order valence-corrected chi connectivity index (χ3v) is 6.36. The third-order valence-electron chi connectivity index (χ3n) is 6.36. The summed E-state index contributed by atoms with van der Waals surface area (Å²) in [5.41, 5.74) is 0.827. The number of esters is 3. The summed E-state index contributed by atoms with van der Waals surface area (Å²) < 4.78 is 34.1. The van der Waals surface area contributed by atoms with Crippen molar-refractivity contribution in [1.82, 2.24) is 0 Å². The number of hydrogen-bond acceptors (Lipinski definition) is 11. The summed E-state index contributed by atoms with van der Waals surface area (Å²) >= 11 is 0. The van der Waals surface area contributed by atoms with Crippen molar-refractivity contribution >= 4 is 23.7 Å². The Morgan fingerprint density at radius 2 is 1.75 bits per heavy atom. The minimum atomic E-state index is -1.37. The molecule has 2 aliphatic heterocycles. The molecule has 8 atom stereocenters. The smallest absolute Gasteiger partial charge is 0.303 e. The van der Waals surface area contributed by atoms with E-state index in [0.717, 1.165) is 5.56 Å². The minimum absolute atomic E-state index is 0.0227. The van der Waals surface area contributed by atoms with Gasteiger partial charge in [0.25, 0.3) is 0 Å². The van der Waals surface area contributed by atoms with Gasteiger partial charge in [0, 0.05) is 27.2 Å². The van der Waals surface area contributed by atoms with Gasteiger partial charge < -0.3 is 33.5 Å². The maximum absolute atomic E-state index is 12.8. The molecule has 218 valence electrons. The molecule has 0 saturated carbocycles. The van der Waals surface area contributed by atoms with Crippen LogP contribution in [0.2, 0.25) is 0 Å². The highest BCUT2D eigenvalue weighted by Crippen LogP contribution is 2.34. The molecule has 2 aliphatic rings. The number of rotatable bonds is 13. The number of hydrogen-bond donors (Lipinski definition) is 1. The van der Waals surface area contributed by atoms with Gasteiger partial charge in [-0.05, 0) is 18.1 Å². The Labute approximate surface area is 233 Å². The van der Waals surface area contributed by atoms with Crippen molar-refractivity contribution in [3.63, 3.8) is 0 Å². The lowest BCUT2D eigenvalue weighted by atomic mass is 9.94. The first-order chi connectivity index (χ1) is 19.1. The molecule has 0 radical (unpaired) electrons. The fourth-order valence-corrected chi connectivity index (χ4v) is 4.68. The average molecular weight is 561 g/mol. The first-order valence-electron chi connectivity index (χ1n) is 13.0.